The zero-order valence-electron chi connectivity index (χ0n) is 12.6. The molecule has 0 aromatic heterocycles. The van der Waals surface area contributed by atoms with Gasteiger partial charge in [-0.05, 0) is 46.0 Å². The van der Waals surface area contributed by atoms with E-state index in [4.69, 9.17) is 4.74 Å². The van der Waals surface area contributed by atoms with Gasteiger partial charge in [0.05, 0.1) is 6.61 Å². The molecule has 0 radical (unpaired) electrons. The maximum atomic E-state index is 5.66. The summed E-state index contributed by atoms with van der Waals surface area (Å²) in [5.74, 6) is 0.896. The first-order valence-electron chi connectivity index (χ1n) is 7.56. The molecule has 3 heteroatoms. The number of rotatable bonds is 6. The highest BCUT2D eigenvalue weighted by molar-refractivity contribution is 5.06. The Morgan fingerprint density at radius 2 is 1.94 bits per heavy atom. The summed E-state index contributed by atoms with van der Waals surface area (Å²) in [6.07, 6.45) is 3.93. The molecule has 2 aliphatic rings. The molecule has 1 saturated carbocycles. The summed E-state index contributed by atoms with van der Waals surface area (Å²) in [5, 5.41) is 3.80. The molecule has 3 nitrogen and oxygen atoms in total. The van der Waals surface area contributed by atoms with Gasteiger partial charge >= 0.3 is 0 Å². The lowest BCUT2D eigenvalue weighted by molar-refractivity contribution is 0.000456. The van der Waals surface area contributed by atoms with Crippen LogP contribution in [0.5, 0.6) is 0 Å². The van der Waals surface area contributed by atoms with Crippen molar-refractivity contribution in [3.8, 4) is 0 Å². The third-order valence-electron chi connectivity index (χ3n) is 4.63. The van der Waals surface area contributed by atoms with Crippen LogP contribution in [-0.4, -0.2) is 48.8 Å². The van der Waals surface area contributed by atoms with Gasteiger partial charge in [-0.1, -0.05) is 6.92 Å². The monoisotopic (exact) mass is 254 g/mol. The standard InChI is InChI=1S/C15H30N2O/c1-5-9-18-10-8-17-12-15(4,13-6-7-13)16-11-14(17,2)3/h13,16H,5-12H2,1-4H3. The van der Waals surface area contributed by atoms with E-state index in [9.17, 15) is 0 Å². The maximum absolute atomic E-state index is 5.66. The van der Waals surface area contributed by atoms with Crippen LogP contribution in [0.4, 0.5) is 0 Å². The molecule has 1 saturated heterocycles. The summed E-state index contributed by atoms with van der Waals surface area (Å²) in [6, 6.07) is 0. The van der Waals surface area contributed by atoms with E-state index in [-0.39, 0.29) is 5.54 Å². The Balaban J connectivity index is 1.87. The van der Waals surface area contributed by atoms with Gasteiger partial charge in [0.25, 0.3) is 0 Å². The van der Waals surface area contributed by atoms with E-state index in [1.54, 1.807) is 0 Å². The van der Waals surface area contributed by atoms with Crippen LogP contribution in [-0.2, 0) is 4.74 Å². The van der Waals surface area contributed by atoms with Crippen LogP contribution in [0, 0.1) is 5.92 Å². The van der Waals surface area contributed by atoms with Crippen molar-refractivity contribution in [3.63, 3.8) is 0 Å². The molecule has 1 heterocycles. The Morgan fingerprint density at radius 1 is 1.22 bits per heavy atom. The van der Waals surface area contributed by atoms with Gasteiger partial charge < -0.3 is 10.1 Å². The molecule has 0 amide bonds. The molecular weight excluding hydrogens is 224 g/mol. The van der Waals surface area contributed by atoms with Crippen molar-refractivity contribution < 1.29 is 4.74 Å². The molecule has 2 fully saturated rings. The van der Waals surface area contributed by atoms with Crippen molar-refractivity contribution in [1.82, 2.24) is 10.2 Å². The van der Waals surface area contributed by atoms with Crippen molar-refractivity contribution in [2.75, 3.05) is 32.8 Å². The first-order chi connectivity index (χ1) is 8.48. The van der Waals surface area contributed by atoms with E-state index in [0.717, 1.165) is 38.6 Å². The van der Waals surface area contributed by atoms with E-state index in [1.165, 1.54) is 19.4 Å². The minimum Gasteiger partial charge on any atom is -0.380 e. The van der Waals surface area contributed by atoms with Crippen molar-refractivity contribution in [2.24, 2.45) is 5.92 Å². The van der Waals surface area contributed by atoms with Gasteiger partial charge in [-0.3, -0.25) is 4.90 Å². The minimum atomic E-state index is 0.254. The van der Waals surface area contributed by atoms with Gasteiger partial charge in [0.1, 0.15) is 0 Å². The van der Waals surface area contributed by atoms with Gasteiger partial charge in [0, 0.05) is 37.3 Å². The summed E-state index contributed by atoms with van der Waals surface area (Å²) < 4.78 is 5.66. The summed E-state index contributed by atoms with van der Waals surface area (Å²) in [7, 11) is 0. The third-order valence-corrected chi connectivity index (χ3v) is 4.63. The minimum absolute atomic E-state index is 0.254. The van der Waals surface area contributed by atoms with Gasteiger partial charge in [0.2, 0.25) is 0 Å². The van der Waals surface area contributed by atoms with E-state index >= 15 is 0 Å². The highest BCUT2D eigenvalue weighted by Gasteiger charge is 2.47. The molecule has 0 spiro atoms. The SMILES string of the molecule is CCCOCCN1CC(C)(C2CC2)NCC1(C)C. The first kappa shape index (κ1) is 14.3. The molecule has 1 aliphatic heterocycles. The molecule has 1 aliphatic carbocycles. The highest BCUT2D eigenvalue weighted by atomic mass is 16.5. The predicted octanol–water partition coefficient (Wildman–Crippen LogP) is 2.27. The molecule has 0 aromatic rings. The summed E-state index contributed by atoms with van der Waals surface area (Å²) >= 11 is 0. The second-order valence-electron chi connectivity index (χ2n) is 6.89. The first-order valence-corrected chi connectivity index (χ1v) is 7.56. The molecule has 2 rings (SSSR count). The van der Waals surface area contributed by atoms with Gasteiger partial charge in [-0.25, -0.2) is 0 Å². The van der Waals surface area contributed by atoms with Crippen LogP contribution in [0.3, 0.4) is 0 Å². The molecule has 1 atom stereocenters. The van der Waals surface area contributed by atoms with Gasteiger partial charge in [0.15, 0.2) is 0 Å². The van der Waals surface area contributed by atoms with Crippen molar-refractivity contribution in [1.29, 1.82) is 0 Å². The van der Waals surface area contributed by atoms with Crippen LogP contribution in [0.2, 0.25) is 0 Å². The number of nitrogens with zero attached hydrogens (tertiary/aromatic N) is 1. The Hall–Kier alpha value is -0.120. The van der Waals surface area contributed by atoms with Crippen LogP contribution >= 0.6 is 0 Å². The lowest BCUT2D eigenvalue weighted by atomic mass is 9.86. The summed E-state index contributed by atoms with van der Waals surface area (Å²) in [5.41, 5.74) is 0.588. The Bertz CT molecular complexity index is 276. The second kappa shape index (κ2) is 5.48. The Kier molecular flexibility index (Phi) is 4.35. The number of hydrogen-bond acceptors (Lipinski definition) is 3. The zero-order chi connectivity index (χ0) is 13.2. The fourth-order valence-corrected chi connectivity index (χ4v) is 2.99. The van der Waals surface area contributed by atoms with Crippen LogP contribution < -0.4 is 5.32 Å². The molecule has 0 bridgehead atoms. The Labute approximate surface area is 112 Å². The average Bonchev–Trinajstić information content (AvgIpc) is 3.14. The number of nitrogens with one attached hydrogen (secondary N) is 1. The van der Waals surface area contributed by atoms with E-state index in [2.05, 4.69) is 37.9 Å². The maximum Gasteiger partial charge on any atom is 0.0593 e. The van der Waals surface area contributed by atoms with E-state index in [0.29, 0.717) is 5.54 Å². The van der Waals surface area contributed by atoms with E-state index < -0.39 is 0 Å². The largest absolute Gasteiger partial charge is 0.380 e. The summed E-state index contributed by atoms with van der Waals surface area (Å²) in [4.78, 5) is 2.62. The molecule has 0 aromatic carbocycles. The topological polar surface area (TPSA) is 24.5 Å². The number of ether oxygens (including phenoxy) is 1. The molecular formula is C15H30N2O. The molecule has 1 N–H and O–H groups in total. The smallest absolute Gasteiger partial charge is 0.0593 e. The van der Waals surface area contributed by atoms with Crippen molar-refractivity contribution in [3.05, 3.63) is 0 Å². The fourth-order valence-electron chi connectivity index (χ4n) is 2.99. The lowest BCUT2D eigenvalue weighted by Gasteiger charge is -2.51. The van der Waals surface area contributed by atoms with Crippen molar-refractivity contribution in [2.45, 2.75) is 58.0 Å². The fraction of sp³-hybridized carbons (Fsp3) is 1.00. The van der Waals surface area contributed by atoms with Crippen LogP contribution in [0.1, 0.15) is 47.0 Å². The lowest BCUT2D eigenvalue weighted by Crippen LogP contribution is -2.68. The number of hydrogen-bond donors (Lipinski definition) is 1. The van der Waals surface area contributed by atoms with Gasteiger partial charge in [-0.2, -0.15) is 0 Å². The molecule has 1 unspecified atom stereocenters. The zero-order valence-corrected chi connectivity index (χ0v) is 12.6. The summed E-state index contributed by atoms with van der Waals surface area (Å²) in [6.45, 7) is 14.3. The number of piperazine rings is 1. The third kappa shape index (κ3) is 3.25. The Morgan fingerprint density at radius 3 is 2.56 bits per heavy atom. The quantitative estimate of drug-likeness (QED) is 0.736. The molecule has 106 valence electrons. The van der Waals surface area contributed by atoms with Crippen molar-refractivity contribution >= 4 is 0 Å². The van der Waals surface area contributed by atoms with Gasteiger partial charge in [-0.15, -0.1) is 0 Å². The van der Waals surface area contributed by atoms with E-state index in [1.807, 2.05) is 0 Å². The average molecular weight is 254 g/mol. The highest BCUT2D eigenvalue weighted by Crippen LogP contribution is 2.42. The second-order valence-corrected chi connectivity index (χ2v) is 6.89. The van der Waals surface area contributed by atoms with Crippen LogP contribution in [0.25, 0.3) is 0 Å². The predicted molar refractivity (Wildman–Crippen MR) is 75.9 cm³/mol. The normalized spacial score (nSPS) is 32.7. The molecule has 18 heavy (non-hydrogen) atoms. The van der Waals surface area contributed by atoms with Crippen LogP contribution in [0.15, 0.2) is 0 Å².